The Morgan fingerprint density at radius 3 is 2.50 bits per heavy atom. The van der Waals surface area contributed by atoms with Crippen LogP contribution in [0.1, 0.15) is 22.1 Å². The van der Waals surface area contributed by atoms with Gasteiger partial charge in [0.15, 0.2) is 5.69 Å². The molecule has 2 heterocycles. The summed E-state index contributed by atoms with van der Waals surface area (Å²) in [5, 5.41) is 10.5. The number of morpholine rings is 1. The van der Waals surface area contributed by atoms with Crippen LogP contribution in [0.3, 0.4) is 0 Å². The molecule has 0 saturated carbocycles. The number of H-pyrrole nitrogens is 1. The lowest BCUT2D eigenvalue weighted by Gasteiger charge is -2.31. The fourth-order valence-corrected chi connectivity index (χ4v) is 3.48. The molecule has 1 fully saturated rings. The van der Waals surface area contributed by atoms with E-state index in [1.54, 1.807) is 24.3 Å². The van der Waals surface area contributed by atoms with Gasteiger partial charge in [0, 0.05) is 25.0 Å². The second-order valence-corrected chi connectivity index (χ2v) is 6.80. The Morgan fingerprint density at radius 2 is 1.75 bits per heavy atom. The summed E-state index contributed by atoms with van der Waals surface area (Å²) in [5.41, 5.74) is 0.939. The maximum absolute atomic E-state index is 13.1. The molecule has 1 aliphatic rings. The van der Waals surface area contributed by atoms with Crippen LogP contribution in [0, 0.1) is 0 Å². The first kappa shape index (κ1) is 18.3. The zero-order valence-electron chi connectivity index (χ0n) is 15.4. The highest BCUT2D eigenvalue weighted by molar-refractivity contribution is 6.04. The fraction of sp³-hybridized carbons (Fsp3) is 0.286. The Labute approximate surface area is 162 Å². The molecule has 1 aromatic heterocycles. The van der Waals surface area contributed by atoms with E-state index >= 15 is 0 Å². The first-order valence-electron chi connectivity index (χ1n) is 9.36. The summed E-state index contributed by atoms with van der Waals surface area (Å²) in [5.74, 6) is -0.311. The predicted octanol–water partition coefficient (Wildman–Crippen LogP) is 1.73. The summed E-state index contributed by atoms with van der Waals surface area (Å²) in [4.78, 5) is 27.3. The second kappa shape index (κ2) is 8.33. The molecule has 1 atom stereocenters. The Morgan fingerprint density at radius 1 is 1.07 bits per heavy atom. The second-order valence-electron chi connectivity index (χ2n) is 6.80. The van der Waals surface area contributed by atoms with Crippen molar-refractivity contribution in [3.8, 4) is 0 Å². The molecule has 1 saturated heterocycles. The molecule has 144 valence electrons. The Bertz CT molecular complexity index is 1010. The van der Waals surface area contributed by atoms with Gasteiger partial charge in [0.05, 0.1) is 24.6 Å². The van der Waals surface area contributed by atoms with Gasteiger partial charge in [0.25, 0.3) is 11.5 Å². The van der Waals surface area contributed by atoms with Crippen molar-refractivity contribution in [1.29, 1.82) is 0 Å². The van der Waals surface area contributed by atoms with Crippen molar-refractivity contribution in [2.24, 2.45) is 0 Å². The van der Waals surface area contributed by atoms with E-state index < -0.39 is 0 Å². The molecule has 28 heavy (non-hydrogen) atoms. The van der Waals surface area contributed by atoms with E-state index in [0.717, 1.165) is 18.7 Å². The van der Waals surface area contributed by atoms with Gasteiger partial charge < -0.3 is 10.1 Å². The summed E-state index contributed by atoms with van der Waals surface area (Å²) >= 11 is 0. The van der Waals surface area contributed by atoms with Crippen LogP contribution in [0.2, 0.25) is 0 Å². The maximum atomic E-state index is 13.1. The quantitative estimate of drug-likeness (QED) is 0.706. The molecule has 4 rings (SSSR count). The van der Waals surface area contributed by atoms with Gasteiger partial charge in [-0.1, -0.05) is 48.5 Å². The number of ether oxygens (including phenoxy) is 1. The van der Waals surface area contributed by atoms with E-state index in [1.807, 2.05) is 30.3 Å². The molecule has 1 amide bonds. The lowest BCUT2D eigenvalue weighted by atomic mass is 10.1. The van der Waals surface area contributed by atoms with Crippen molar-refractivity contribution in [2.75, 3.05) is 32.8 Å². The monoisotopic (exact) mass is 378 g/mol. The largest absolute Gasteiger partial charge is 0.379 e. The van der Waals surface area contributed by atoms with Crippen LogP contribution in [0.15, 0.2) is 59.4 Å². The van der Waals surface area contributed by atoms with Crippen LogP contribution in [-0.2, 0) is 4.74 Å². The zero-order valence-corrected chi connectivity index (χ0v) is 15.4. The molecule has 7 nitrogen and oxygen atoms in total. The Hall–Kier alpha value is -3.03. The number of aromatic nitrogens is 2. The molecule has 0 bridgehead atoms. The van der Waals surface area contributed by atoms with Crippen molar-refractivity contribution in [3.63, 3.8) is 0 Å². The van der Waals surface area contributed by atoms with E-state index in [4.69, 9.17) is 4.74 Å². The number of fused-ring (bicyclic) bond motifs is 1. The van der Waals surface area contributed by atoms with Crippen LogP contribution < -0.4 is 10.9 Å². The number of carbonyl (C=O) groups excluding carboxylic acids is 1. The molecule has 2 aromatic carbocycles. The third-order valence-corrected chi connectivity index (χ3v) is 4.96. The average Bonchev–Trinajstić information content (AvgIpc) is 2.75. The molecule has 3 aromatic rings. The summed E-state index contributed by atoms with van der Waals surface area (Å²) in [6, 6.07) is 16.7. The molecule has 0 unspecified atom stereocenters. The Kier molecular flexibility index (Phi) is 5.45. The highest BCUT2D eigenvalue weighted by atomic mass is 16.5. The smallest absolute Gasteiger partial charge is 0.272 e. The minimum absolute atomic E-state index is 0.195. The van der Waals surface area contributed by atoms with Gasteiger partial charge in [0.2, 0.25) is 0 Å². The first-order chi connectivity index (χ1) is 13.7. The SMILES string of the molecule is O=C(N[C@@H](CN1CCOCC1)c1ccccc1)c1n[nH]c(=O)c2ccccc12. The number of nitrogens with zero attached hydrogens (tertiary/aromatic N) is 2. The van der Waals surface area contributed by atoms with E-state index in [9.17, 15) is 9.59 Å². The standard InChI is InChI=1S/C21H22N4O3/c26-20-17-9-5-4-8-16(17)19(23-24-20)21(27)22-18(15-6-2-1-3-7-15)14-25-10-12-28-13-11-25/h1-9,18H,10-14H2,(H,22,27)(H,24,26)/t18-/m0/s1. The average molecular weight is 378 g/mol. The van der Waals surface area contributed by atoms with Crippen molar-refractivity contribution < 1.29 is 9.53 Å². The van der Waals surface area contributed by atoms with Crippen LogP contribution in [0.25, 0.3) is 10.8 Å². The number of carbonyl (C=O) groups is 1. The van der Waals surface area contributed by atoms with E-state index in [2.05, 4.69) is 20.4 Å². The summed E-state index contributed by atoms with van der Waals surface area (Å²) < 4.78 is 5.42. The van der Waals surface area contributed by atoms with Gasteiger partial charge >= 0.3 is 0 Å². The molecular weight excluding hydrogens is 356 g/mol. The number of rotatable bonds is 5. The van der Waals surface area contributed by atoms with Crippen molar-refractivity contribution >= 4 is 16.7 Å². The number of amides is 1. The van der Waals surface area contributed by atoms with Gasteiger partial charge in [-0.25, -0.2) is 5.10 Å². The molecule has 0 radical (unpaired) electrons. The predicted molar refractivity (Wildman–Crippen MR) is 106 cm³/mol. The number of hydrogen-bond donors (Lipinski definition) is 2. The minimum atomic E-state index is -0.311. The van der Waals surface area contributed by atoms with Crippen molar-refractivity contribution in [1.82, 2.24) is 20.4 Å². The van der Waals surface area contributed by atoms with Gasteiger partial charge in [-0.3, -0.25) is 14.5 Å². The van der Waals surface area contributed by atoms with E-state index in [0.29, 0.717) is 30.5 Å². The first-order valence-corrected chi connectivity index (χ1v) is 9.36. The normalized spacial score (nSPS) is 16.0. The molecular formula is C21H22N4O3. The number of nitrogens with one attached hydrogen (secondary N) is 2. The van der Waals surface area contributed by atoms with Crippen molar-refractivity contribution in [3.05, 3.63) is 76.2 Å². The molecule has 2 N–H and O–H groups in total. The molecule has 0 spiro atoms. The van der Waals surface area contributed by atoms with Crippen LogP contribution in [0.5, 0.6) is 0 Å². The fourth-order valence-electron chi connectivity index (χ4n) is 3.48. The highest BCUT2D eigenvalue weighted by Crippen LogP contribution is 2.18. The number of benzene rings is 2. The molecule has 0 aliphatic carbocycles. The third kappa shape index (κ3) is 3.95. The number of aromatic amines is 1. The van der Waals surface area contributed by atoms with Crippen molar-refractivity contribution in [2.45, 2.75) is 6.04 Å². The lowest BCUT2D eigenvalue weighted by Crippen LogP contribution is -2.43. The van der Waals surface area contributed by atoms with E-state index in [-0.39, 0.29) is 23.2 Å². The molecule has 1 aliphatic heterocycles. The van der Waals surface area contributed by atoms with Gasteiger partial charge in [-0.15, -0.1) is 0 Å². The summed E-state index contributed by atoms with van der Waals surface area (Å²) in [6.45, 7) is 3.74. The van der Waals surface area contributed by atoms with Crippen LogP contribution in [0.4, 0.5) is 0 Å². The number of hydrogen-bond acceptors (Lipinski definition) is 5. The summed E-state index contributed by atoms with van der Waals surface area (Å²) in [7, 11) is 0. The minimum Gasteiger partial charge on any atom is -0.379 e. The zero-order chi connectivity index (χ0) is 19.3. The van der Waals surface area contributed by atoms with E-state index in [1.165, 1.54) is 0 Å². The summed E-state index contributed by atoms with van der Waals surface area (Å²) in [6.07, 6.45) is 0. The Balaban J connectivity index is 1.62. The van der Waals surface area contributed by atoms with Crippen LogP contribution in [-0.4, -0.2) is 53.9 Å². The lowest BCUT2D eigenvalue weighted by molar-refractivity contribution is 0.0332. The van der Waals surface area contributed by atoms with Gasteiger partial charge in [-0.2, -0.15) is 5.10 Å². The topological polar surface area (TPSA) is 87.3 Å². The maximum Gasteiger partial charge on any atom is 0.272 e. The highest BCUT2D eigenvalue weighted by Gasteiger charge is 2.22. The van der Waals surface area contributed by atoms with Gasteiger partial charge in [0.1, 0.15) is 0 Å². The van der Waals surface area contributed by atoms with Gasteiger partial charge in [-0.05, 0) is 11.6 Å². The third-order valence-electron chi connectivity index (χ3n) is 4.96. The molecule has 7 heteroatoms. The van der Waals surface area contributed by atoms with Crippen LogP contribution >= 0.6 is 0 Å².